The van der Waals surface area contributed by atoms with Crippen molar-refractivity contribution in [2.45, 2.75) is 6.92 Å². The summed E-state index contributed by atoms with van der Waals surface area (Å²) in [6.45, 7) is 1.94. The van der Waals surface area contributed by atoms with E-state index >= 15 is 0 Å². The Bertz CT molecular complexity index is 299. The Labute approximate surface area is 81.2 Å². The zero-order chi connectivity index (χ0) is 8.97. The van der Waals surface area contributed by atoms with Gasteiger partial charge in [0.25, 0.3) is 0 Å². The first-order valence-corrected chi connectivity index (χ1v) is 5.00. The van der Waals surface area contributed by atoms with Gasteiger partial charge in [0.15, 0.2) is 0 Å². The third-order valence-electron chi connectivity index (χ3n) is 1.41. The van der Waals surface area contributed by atoms with Crippen LogP contribution in [0.15, 0.2) is 22.8 Å². The van der Waals surface area contributed by atoms with E-state index in [2.05, 4.69) is 9.50 Å². The van der Waals surface area contributed by atoms with Gasteiger partial charge in [0.1, 0.15) is 5.04 Å². The second-order valence-electron chi connectivity index (χ2n) is 2.28. The standard InChI is InChI=1S/C8H9ClN2S/c1-6-5-7(3-4-10-6)8(11-9)12-2/h3-5H,1-2H3. The average Bonchev–Trinajstić information content (AvgIpc) is 2.07. The van der Waals surface area contributed by atoms with Gasteiger partial charge in [0.05, 0.1) is 0 Å². The molecule has 0 saturated heterocycles. The second kappa shape index (κ2) is 4.48. The molecule has 0 aliphatic carbocycles. The molecular weight excluding hydrogens is 192 g/mol. The van der Waals surface area contributed by atoms with E-state index in [0.29, 0.717) is 0 Å². The number of rotatable bonds is 1. The smallest absolute Gasteiger partial charge is 0.118 e. The van der Waals surface area contributed by atoms with Crippen molar-refractivity contribution in [2.24, 2.45) is 4.51 Å². The van der Waals surface area contributed by atoms with E-state index in [1.807, 2.05) is 25.3 Å². The summed E-state index contributed by atoms with van der Waals surface area (Å²) in [6, 6.07) is 3.85. The van der Waals surface area contributed by atoms with Crippen molar-refractivity contribution in [1.82, 2.24) is 4.98 Å². The zero-order valence-corrected chi connectivity index (χ0v) is 8.49. The van der Waals surface area contributed by atoms with Gasteiger partial charge in [-0.1, -0.05) is 0 Å². The molecule has 12 heavy (non-hydrogen) atoms. The first-order valence-electron chi connectivity index (χ1n) is 3.44. The van der Waals surface area contributed by atoms with Crippen LogP contribution in [0.5, 0.6) is 0 Å². The molecule has 4 heteroatoms. The van der Waals surface area contributed by atoms with Gasteiger partial charge < -0.3 is 0 Å². The van der Waals surface area contributed by atoms with Crippen LogP contribution in [0.25, 0.3) is 0 Å². The molecule has 0 radical (unpaired) electrons. The van der Waals surface area contributed by atoms with Crippen LogP contribution in [0.3, 0.4) is 0 Å². The second-order valence-corrected chi connectivity index (χ2v) is 3.24. The predicted octanol–water partition coefficient (Wildman–Crippen LogP) is 2.65. The molecule has 0 bridgehead atoms. The molecule has 0 unspecified atom stereocenters. The first-order chi connectivity index (χ1) is 5.77. The van der Waals surface area contributed by atoms with E-state index in [1.165, 1.54) is 11.8 Å². The average molecular weight is 201 g/mol. The third kappa shape index (κ3) is 2.22. The number of aryl methyl sites for hydroxylation is 1. The number of nitrogens with zero attached hydrogens (tertiary/aromatic N) is 2. The molecule has 0 fully saturated rings. The Kier molecular flexibility index (Phi) is 3.56. The van der Waals surface area contributed by atoms with Crippen LogP contribution in [0.2, 0.25) is 0 Å². The summed E-state index contributed by atoms with van der Waals surface area (Å²) in [5.74, 6) is 0. The van der Waals surface area contributed by atoms with Crippen molar-refractivity contribution in [2.75, 3.05) is 6.26 Å². The Morgan fingerprint density at radius 1 is 1.67 bits per heavy atom. The van der Waals surface area contributed by atoms with E-state index in [4.69, 9.17) is 11.8 Å². The summed E-state index contributed by atoms with van der Waals surface area (Å²) < 4.78 is 3.64. The van der Waals surface area contributed by atoms with E-state index in [1.54, 1.807) is 6.20 Å². The summed E-state index contributed by atoms with van der Waals surface area (Å²) in [6.07, 6.45) is 3.69. The van der Waals surface area contributed by atoms with E-state index in [-0.39, 0.29) is 0 Å². The van der Waals surface area contributed by atoms with Gasteiger partial charge in [-0.3, -0.25) is 4.98 Å². The maximum atomic E-state index is 5.40. The summed E-state index contributed by atoms with van der Waals surface area (Å²) in [5.41, 5.74) is 1.99. The van der Waals surface area contributed by atoms with Gasteiger partial charge in [-0.05, 0) is 25.3 Å². The van der Waals surface area contributed by atoms with Crippen LogP contribution in [-0.4, -0.2) is 16.3 Å². The lowest BCUT2D eigenvalue weighted by Gasteiger charge is -2.00. The van der Waals surface area contributed by atoms with Crippen molar-refractivity contribution in [1.29, 1.82) is 0 Å². The SMILES string of the molecule is CSC(=NCl)c1ccnc(C)c1. The lowest BCUT2D eigenvalue weighted by Crippen LogP contribution is -1.94. The quantitative estimate of drug-likeness (QED) is 0.515. The first kappa shape index (κ1) is 9.55. The van der Waals surface area contributed by atoms with E-state index in [0.717, 1.165) is 16.3 Å². The van der Waals surface area contributed by atoms with Gasteiger partial charge in [0, 0.05) is 29.2 Å². The third-order valence-corrected chi connectivity index (χ3v) is 2.40. The highest BCUT2D eigenvalue weighted by Crippen LogP contribution is 2.12. The lowest BCUT2D eigenvalue weighted by atomic mass is 10.2. The Morgan fingerprint density at radius 2 is 2.42 bits per heavy atom. The molecule has 1 heterocycles. The Morgan fingerprint density at radius 3 is 2.92 bits per heavy atom. The van der Waals surface area contributed by atoms with Crippen molar-refractivity contribution in [3.05, 3.63) is 29.6 Å². The summed E-state index contributed by atoms with van der Waals surface area (Å²) >= 11 is 6.92. The lowest BCUT2D eigenvalue weighted by molar-refractivity contribution is 1.20. The fraction of sp³-hybridized carbons (Fsp3) is 0.250. The van der Waals surface area contributed by atoms with Gasteiger partial charge in [0.2, 0.25) is 0 Å². The maximum Gasteiger partial charge on any atom is 0.118 e. The molecule has 2 nitrogen and oxygen atoms in total. The molecule has 0 aromatic carbocycles. The normalized spacial score (nSPS) is 11.8. The Balaban J connectivity index is 3.02. The van der Waals surface area contributed by atoms with Crippen LogP contribution in [0.4, 0.5) is 0 Å². The molecule has 0 aliphatic heterocycles. The minimum atomic E-state index is 0.821. The summed E-state index contributed by atoms with van der Waals surface area (Å²) in [4.78, 5) is 4.08. The molecule has 1 aromatic heterocycles. The van der Waals surface area contributed by atoms with Crippen molar-refractivity contribution >= 4 is 28.6 Å². The van der Waals surface area contributed by atoms with Crippen molar-refractivity contribution in [3.8, 4) is 0 Å². The molecule has 0 amide bonds. The molecule has 1 rings (SSSR count). The van der Waals surface area contributed by atoms with Gasteiger partial charge in [-0.15, -0.1) is 11.8 Å². The number of pyridine rings is 1. The zero-order valence-electron chi connectivity index (χ0n) is 6.91. The topological polar surface area (TPSA) is 25.2 Å². The van der Waals surface area contributed by atoms with Gasteiger partial charge in [-0.25, -0.2) is 0 Å². The van der Waals surface area contributed by atoms with Crippen LogP contribution < -0.4 is 0 Å². The number of hydrogen-bond donors (Lipinski definition) is 0. The van der Waals surface area contributed by atoms with Gasteiger partial charge >= 0.3 is 0 Å². The van der Waals surface area contributed by atoms with Crippen LogP contribution in [0, 0.1) is 6.92 Å². The van der Waals surface area contributed by atoms with E-state index < -0.39 is 0 Å². The van der Waals surface area contributed by atoms with Crippen LogP contribution in [0.1, 0.15) is 11.3 Å². The summed E-state index contributed by atoms with van der Waals surface area (Å²) in [7, 11) is 0. The van der Waals surface area contributed by atoms with Crippen LogP contribution in [-0.2, 0) is 0 Å². The number of hydrogen-bond acceptors (Lipinski definition) is 3. The minimum absolute atomic E-state index is 0.821. The molecule has 0 saturated carbocycles. The minimum Gasteiger partial charge on any atom is -0.262 e. The summed E-state index contributed by atoms with van der Waals surface area (Å²) in [5, 5.41) is 0.821. The molecule has 64 valence electrons. The molecule has 0 aliphatic rings. The fourth-order valence-corrected chi connectivity index (χ4v) is 1.62. The Hall–Kier alpha value is -0.540. The van der Waals surface area contributed by atoms with E-state index in [9.17, 15) is 0 Å². The number of thioether (sulfide) groups is 1. The predicted molar refractivity (Wildman–Crippen MR) is 54.9 cm³/mol. The molecule has 1 aromatic rings. The molecule has 0 spiro atoms. The maximum absolute atomic E-state index is 5.40. The number of halogens is 1. The fourth-order valence-electron chi connectivity index (χ4n) is 0.880. The monoisotopic (exact) mass is 200 g/mol. The highest BCUT2D eigenvalue weighted by atomic mass is 35.5. The largest absolute Gasteiger partial charge is 0.262 e. The molecular formula is C8H9ClN2S. The molecule has 0 atom stereocenters. The van der Waals surface area contributed by atoms with Gasteiger partial charge in [-0.2, -0.15) is 4.51 Å². The molecule has 0 N–H and O–H groups in total. The number of aromatic nitrogens is 1. The highest BCUT2D eigenvalue weighted by molar-refractivity contribution is 8.13. The van der Waals surface area contributed by atoms with Crippen molar-refractivity contribution in [3.63, 3.8) is 0 Å². The highest BCUT2D eigenvalue weighted by Gasteiger charge is 2.00. The van der Waals surface area contributed by atoms with Crippen LogP contribution >= 0.6 is 23.5 Å². The van der Waals surface area contributed by atoms with Crippen molar-refractivity contribution < 1.29 is 0 Å².